The number of aromatic nitrogens is 2. The molecule has 2 N–H and O–H groups in total. The van der Waals surface area contributed by atoms with Crippen LogP contribution in [0.1, 0.15) is 5.56 Å². The van der Waals surface area contributed by atoms with Crippen LogP contribution < -0.4 is 5.73 Å². The summed E-state index contributed by atoms with van der Waals surface area (Å²) >= 11 is 0. The van der Waals surface area contributed by atoms with Gasteiger partial charge in [0.2, 0.25) is 0 Å². The number of halogens is 1. The average molecular weight is 177 g/mol. The van der Waals surface area contributed by atoms with Crippen molar-refractivity contribution >= 4 is 16.7 Å². The van der Waals surface area contributed by atoms with Crippen LogP contribution in [0, 0.1) is 12.7 Å². The third-order valence-electron chi connectivity index (χ3n) is 1.97. The molecule has 0 saturated carbocycles. The van der Waals surface area contributed by atoms with Gasteiger partial charge in [-0.2, -0.15) is 0 Å². The van der Waals surface area contributed by atoms with Crippen LogP contribution in [-0.2, 0) is 0 Å². The maximum Gasteiger partial charge on any atom is 0.130 e. The fourth-order valence-corrected chi connectivity index (χ4v) is 1.25. The summed E-state index contributed by atoms with van der Waals surface area (Å²) in [5.74, 6) is -0.342. The minimum Gasteiger partial charge on any atom is -0.397 e. The van der Waals surface area contributed by atoms with E-state index in [1.807, 2.05) is 0 Å². The molecule has 0 saturated heterocycles. The molecule has 0 unspecified atom stereocenters. The fourth-order valence-electron chi connectivity index (χ4n) is 1.25. The molecule has 0 aliphatic heterocycles. The fraction of sp³-hybridized carbons (Fsp3) is 0.111. The summed E-state index contributed by atoms with van der Waals surface area (Å²) in [7, 11) is 0. The second-order valence-electron chi connectivity index (χ2n) is 2.83. The molecule has 0 radical (unpaired) electrons. The second-order valence-corrected chi connectivity index (χ2v) is 2.83. The molecule has 2 aromatic rings. The SMILES string of the molecule is Cc1c(F)cc(N)c2nccnc12. The van der Waals surface area contributed by atoms with Gasteiger partial charge >= 0.3 is 0 Å². The highest BCUT2D eigenvalue weighted by Crippen LogP contribution is 2.22. The number of nitrogens with zero attached hydrogens (tertiary/aromatic N) is 2. The van der Waals surface area contributed by atoms with Gasteiger partial charge in [-0.05, 0) is 13.0 Å². The van der Waals surface area contributed by atoms with Crippen LogP contribution in [0.25, 0.3) is 11.0 Å². The Hall–Kier alpha value is -1.71. The maximum absolute atomic E-state index is 13.2. The first kappa shape index (κ1) is 7.91. The number of aryl methyl sites for hydroxylation is 1. The lowest BCUT2D eigenvalue weighted by molar-refractivity contribution is 0.621. The van der Waals surface area contributed by atoms with Gasteiger partial charge in [-0.1, -0.05) is 0 Å². The van der Waals surface area contributed by atoms with Crippen molar-refractivity contribution in [2.45, 2.75) is 6.92 Å². The lowest BCUT2D eigenvalue weighted by atomic mass is 10.1. The van der Waals surface area contributed by atoms with Gasteiger partial charge in [0.15, 0.2) is 0 Å². The lowest BCUT2D eigenvalue weighted by Crippen LogP contribution is -1.96. The molecule has 3 nitrogen and oxygen atoms in total. The van der Waals surface area contributed by atoms with E-state index < -0.39 is 0 Å². The zero-order valence-electron chi connectivity index (χ0n) is 7.08. The minimum absolute atomic E-state index is 0.325. The quantitative estimate of drug-likeness (QED) is 0.622. The number of rotatable bonds is 0. The van der Waals surface area contributed by atoms with E-state index in [1.54, 1.807) is 6.92 Å². The van der Waals surface area contributed by atoms with E-state index in [4.69, 9.17) is 5.73 Å². The molecule has 1 heterocycles. The van der Waals surface area contributed by atoms with Crippen LogP contribution in [-0.4, -0.2) is 9.97 Å². The number of nitrogens with two attached hydrogens (primary N) is 1. The zero-order chi connectivity index (χ0) is 9.42. The van der Waals surface area contributed by atoms with Crippen LogP contribution in [0.4, 0.5) is 10.1 Å². The Morgan fingerprint density at radius 3 is 2.54 bits per heavy atom. The van der Waals surface area contributed by atoms with Crippen LogP contribution in [0.5, 0.6) is 0 Å². The van der Waals surface area contributed by atoms with Gasteiger partial charge in [-0.3, -0.25) is 9.97 Å². The first-order valence-electron chi connectivity index (χ1n) is 3.85. The molecule has 0 amide bonds. The van der Waals surface area contributed by atoms with Crippen molar-refractivity contribution in [3.63, 3.8) is 0 Å². The Bertz CT molecular complexity index is 468. The largest absolute Gasteiger partial charge is 0.397 e. The van der Waals surface area contributed by atoms with Crippen molar-refractivity contribution < 1.29 is 4.39 Å². The molecule has 1 aromatic carbocycles. The summed E-state index contributed by atoms with van der Waals surface area (Å²) in [4.78, 5) is 8.05. The Morgan fingerprint density at radius 1 is 1.23 bits per heavy atom. The van der Waals surface area contributed by atoms with Crippen LogP contribution in [0.3, 0.4) is 0 Å². The van der Waals surface area contributed by atoms with E-state index in [-0.39, 0.29) is 5.82 Å². The number of hydrogen-bond donors (Lipinski definition) is 1. The van der Waals surface area contributed by atoms with Gasteiger partial charge in [0.1, 0.15) is 11.3 Å². The van der Waals surface area contributed by atoms with Gasteiger partial charge in [-0.25, -0.2) is 4.39 Å². The zero-order valence-corrected chi connectivity index (χ0v) is 7.08. The summed E-state index contributed by atoms with van der Waals surface area (Å²) in [6, 6.07) is 1.27. The van der Waals surface area contributed by atoms with Crippen molar-refractivity contribution in [3.05, 3.63) is 29.8 Å². The van der Waals surface area contributed by atoms with Crippen molar-refractivity contribution in [2.75, 3.05) is 5.73 Å². The van der Waals surface area contributed by atoms with Crippen molar-refractivity contribution in [1.82, 2.24) is 9.97 Å². The van der Waals surface area contributed by atoms with E-state index >= 15 is 0 Å². The van der Waals surface area contributed by atoms with Gasteiger partial charge < -0.3 is 5.73 Å². The molecule has 4 heteroatoms. The molecule has 0 aliphatic rings. The van der Waals surface area contributed by atoms with Gasteiger partial charge in [-0.15, -0.1) is 0 Å². The van der Waals surface area contributed by atoms with E-state index in [9.17, 15) is 4.39 Å². The second kappa shape index (κ2) is 2.65. The molecule has 2 rings (SSSR count). The molecule has 0 aliphatic carbocycles. The van der Waals surface area contributed by atoms with Crippen molar-refractivity contribution in [1.29, 1.82) is 0 Å². The van der Waals surface area contributed by atoms with Gasteiger partial charge in [0, 0.05) is 18.0 Å². The standard InChI is InChI=1S/C9H8FN3/c1-5-6(10)4-7(11)9-8(5)12-2-3-13-9/h2-4H,11H2,1H3. The summed E-state index contributed by atoms with van der Waals surface area (Å²) in [5.41, 5.74) is 7.48. The monoisotopic (exact) mass is 177 g/mol. The van der Waals surface area contributed by atoms with Crippen LogP contribution >= 0.6 is 0 Å². The highest BCUT2D eigenvalue weighted by Gasteiger charge is 2.07. The smallest absolute Gasteiger partial charge is 0.130 e. The number of hydrogen-bond acceptors (Lipinski definition) is 3. The topological polar surface area (TPSA) is 51.8 Å². The highest BCUT2D eigenvalue weighted by molar-refractivity contribution is 5.88. The van der Waals surface area contributed by atoms with Crippen molar-refractivity contribution in [2.24, 2.45) is 0 Å². The van der Waals surface area contributed by atoms with Gasteiger partial charge in [0.25, 0.3) is 0 Å². The molecule has 0 bridgehead atoms. The molecule has 0 spiro atoms. The van der Waals surface area contributed by atoms with Crippen LogP contribution in [0.2, 0.25) is 0 Å². The normalized spacial score (nSPS) is 10.6. The Morgan fingerprint density at radius 2 is 1.85 bits per heavy atom. The first-order valence-corrected chi connectivity index (χ1v) is 3.85. The van der Waals surface area contributed by atoms with E-state index in [0.717, 1.165) is 0 Å². The lowest BCUT2D eigenvalue weighted by Gasteiger charge is -2.03. The molecule has 1 aromatic heterocycles. The van der Waals surface area contributed by atoms with Gasteiger partial charge in [0.05, 0.1) is 11.2 Å². The van der Waals surface area contributed by atoms with Crippen molar-refractivity contribution in [3.8, 4) is 0 Å². The van der Waals surface area contributed by atoms with E-state index in [0.29, 0.717) is 22.3 Å². The molecular weight excluding hydrogens is 169 g/mol. The molecule has 0 fully saturated rings. The molecule has 0 atom stereocenters. The predicted octanol–water partition coefficient (Wildman–Crippen LogP) is 1.66. The summed E-state index contributed by atoms with van der Waals surface area (Å²) in [6.07, 6.45) is 3.06. The number of anilines is 1. The van der Waals surface area contributed by atoms with E-state index in [2.05, 4.69) is 9.97 Å². The molecule has 66 valence electrons. The van der Waals surface area contributed by atoms with E-state index in [1.165, 1.54) is 18.5 Å². The summed E-state index contributed by atoms with van der Waals surface area (Å²) in [6.45, 7) is 1.66. The number of fused-ring (bicyclic) bond motifs is 1. The summed E-state index contributed by atoms with van der Waals surface area (Å²) < 4.78 is 13.2. The molecular formula is C9H8FN3. The average Bonchev–Trinajstić information content (AvgIpc) is 2.15. The highest BCUT2D eigenvalue weighted by atomic mass is 19.1. The third kappa shape index (κ3) is 1.11. The van der Waals surface area contributed by atoms with Crippen LogP contribution in [0.15, 0.2) is 18.5 Å². The molecule has 13 heavy (non-hydrogen) atoms. The Kier molecular flexibility index (Phi) is 1.62. The maximum atomic E-state index is 13.2. The first-order chi connectivity index (χ1) is 6.20. The minimum atomic E-state index is -0.342. The number of benzene rings is 1. The third-order valence-corrected chi connectivity index (χ3v) is 1.97. The summed E-state index contributed by atoms with van der Waals surface area (Å²) in [5, 5.41) is 0. The Balaban J connectivity index is 2.97. The predicted molar refractivity (Wildman–Crippen MR) is 48.6 cm³/mol. The number of nitrogen functional groups attached to an aromatic ring is 1. The Labute approximate surface area is 74.4 Å².